The Kier molecular flexibility index (Phi) is 3.90. The van der Waals surface area contributed by atoms with E-state index in [4.69, 9.17) is 9.47 Å². The van der Waals surface area contributed by atoms with Gasteiger partial charge >= 0.3 is 0 Å². The lowest BCUT2D eigenvalue weighted by molar-refractivity contribution is -0.0721. The van der Waals surface area contributed by atoms with Gasteiger partial charge in [-0.25, -0.2) is 0 Å². The van der Waals surface area contributed by atoms with Gasteiger partial charge in [0.15, 0.2) is 0 Å². The number of halogens is 1. The maximum atomic E-state index is 6.19. The first-order chi connectivity index (χ1) is 10.3. The van der Waals surface area contributed by atoms with Crippen molar-refractivity contribution in [3.63, 3.8) is 0 Å². The van der Waals surface area contributed by atoms with Crippen LogP contribution < -0.4 is 4.74 Å². The predicted octanol–water partition coefficient (Wildman–Crippen LogP) is 4.97. The van der Waals surface area contributed by atoms with Gasteiger partial charge in [0, 0.05) is 9.84 Å². The molecule has 0 aromatic heterocycles. The van der Waals surface area contributed by atoms with Crippen molar-refractivity contribution in [3.8, 4) is 5.75 Å². The van der Waals surface area contributed by atoms with E-state index in [1.807, 2.05) is 0 Å². The number of hydrogen-bond donors (Lipinski definition) is 0. The summed E-state index contributed by atoms with van der Waals surface area (Å²) < 4.78 is 12.8. The molecule has 4 rings (SSSR count). The summed E-state index contributed by atoms with van der Waals surface area (Å²) in [7, 11) is 0. The maximum Gasteiger partial charge on any atom is 0.203 e. The third-order valence-electron chi connectivity index (χ3n) is 5.78. The Morgan fingerprint density at radius 2 is 2.00 bits per heavy atom. The molecular weight excluding hydrogens is 375 g/mol. The Balaban J connectivity index is 1.44. The fourth-order valence-electron chi connectivity index (χ4n) is 4.68. The highest BCUT2D eigenvalue weighted by molar-refractivity contribution is 14.1. The lowest BCUT2D eigenvalue weighted by Crippen LogP contribution is -2.30. The van der Waals surface area contributed by atoms with E-state index in [0.29, 0.717) is 9.84 Å². The standard InChI is InChI=1S/C18H23IO2/c1-2-16(19)11-5-7-14(8-6-11)21-18-17-13-4-3-12(9-13)15(17)10-20-18/h5-8,12-13,15-18H,2-4,9-10H2,1H3/t12?,13-,15?,16?,17?,18?/m1/s1. The lowest BCUT2D eigenvalue weighted by atomic mass is 9.81. The molecule has 6 atom stereocenters. The van der Waals surface area contributed by atoms with E-state index in [9.17, 15) is 0 Å². The summed E-state index contributed by atoms with van der Waals surface area (Å²) in [4.78, 5) is 0. The highest BCUT2D eigenvalue weighted by atomic mass is 127. The number of hydrogen-bond acceptors (Lipinski definition) is 2. The van der Waals surface area contributed by atoms with Gasteiger partial charge < -0.3 is 9.47 Å². The van der Waals surface area contributed by atoms with Gasteiger partial charge in [-0.05, 0) is 61.1 Å². The third-order valence-corrected chi connectivity index (χ3v) is 7.38. The Morgan fingerprint density at radius 1 is 1.24 bits per heavy atom. The molecular formula is C18H23IO2. The minimum Gasteiger partial charge on any atom is -0.465 e. The zero-order chi connectivity index (χ0) is 14.4. The van der Waals surface area contributed by atoms with E-state index in [0.717, 1.165) is 30.1 Å². The van der Waals surface area contributed by atoms with Gasteiger partial charge in [0.25, 0.3) is 0 Å². The zero-order valence-electron chi connectivity index (χ0n) is 12.5. The summed E-state index contributed by atoms with van der Waals surface area (Å²) in [5.41, 5.74) is 1.38. The van der Waals surface area contributed by atoms with Crippen molar-refractivity contribution in [2.24, 2.45) is 23.7 Å². The summed E-state index contributed by atoms with van der Waals surface area (Å²) in [5.74, 6) is 4.15. The first kappa shape index (κ1) is 14.3. The molecule has 0 radical (unpaired) electrons. The Labute approximate surface area is 140 Å². The monoisotopic (exact) mass is 398 g/mol. The van der Waals surface area contributed by atoms with E-state index in [-0.39, 0.29) is 6.29 Å². The molecule has 0 spiro atoms. The number of benzene rings is 1. The van der Waals surface area contributed by atoms with Crippen LogP contribution in [0.15, 0.2) is 24.3 Å². The van der Waals surface area contributed by atoms with Gasteiger partial charge in [-0.3, -0.25) is 0 Å². The molecule has 5 unspecified atom stereocenters. The van der Waals surface area contributed by atoms with Gasteiger partial charge in [-0.15, -0.1) is 0 Å². The van der Waals surface area contributed by atoms with Gasteiger partial charge in [-0.2, -0.15) is 0 Å². The summed E-state index contributed by atoms with van der Waals surface area (Å²) in [6, 6.07) is 8.62. The van der Waals surface area contributed by atoms with Crippen LogP contribution in [0.4, 0.5) is 0 Å². The largest absolute Gasteiger partial charge is 0.465 e. The van der Waals surface area contributed by atoms with Crippen LogP contribution in [0, 0.1) is 23.7 Å². The second-order valence-electron chi connectivity index (χ2n) is 6.84. The van der Waals surface area contributed by atoms with Crippen molar-refractivity contribution in [2.75, 3.05) is 6.61 Å². The van der Waals surface area contributed by atoms with E-state index in [1.165, 1.54) is 31.2 Å². The molecule has 1 aromatic carbocycles. The molecule has 21 heavy (non-hydrogen) atoms. The van der Waals surface area contributed by atoms with Crippen molar-refractivity contribution in [1.82, 2.24) is 0 Å². The van der Waals surface area contributed by atoms with Gasteiger partial charge in [-0.1, -0.05) is 41.6 Å². The smallest absolute Gasteiger partial charge is 0.203 e. The van der Waals surface area contributed by atoms with Crippen molar-refractivity contribution in [1.29, 1.82) is 0 Å². The summed E-state index contributed by atoms with van der Waals surface area (Å²) in [6.07, 6.45) is 5.40. The fourth-order valence-corrected chi connectivity index (χ4v) is 5.10. The average molecular weight is 398 g/mol. The predicted molar refractivity (Wildman–Crippen MR) is 91.7 cm³/mol. The first-order valence-electron chi connectivity index (χ1n) is 8.28. The molecule has 114 valence electrons. The van der Waals surface area contributed by atoms with Crippen LogP contribution in [-0.2, 0) is 4.74 Å². The number of alkyl halides is 1. The molecule has 2 bridgehead atoms. The SMILES string of the molecule is CCC(I)c1ccc(OC2OCC3C4CC[C@H](C4)C23)cc1. The van der Waals surface area contributed by atoms with Crippen LogP contribution in [0.25, 0.3) is 0 Å². The molecule has 3 fully saturated rings. The van der Waals surface area contributed by atoms with Crippen LogP contribution in [0.3, 0.4) is 0 Å². The second-order valence-corrected chi connectivity index (χ2v) is 8.34. The Bertz CT molecular complexity index is 500. The molecule has 0 N–H and O–H groups in total. The topological polar surface area (TPSA) is 18.5 Å². The Morgan fingerprint density at radius 3 is 2.76 bits per heavy atom. The van der Waals surface area contributed by atoms with Crippen LogP contribution in [0.5, 0.6) is 5.75 Å². The summed E-state index contributed by atoms with van der Waals surface area (Å²) in [6.45, 7) is 3.14. The number of fused-ring (bicyclic) bond motifs is 5. The average Bonchev–Trinajstić information content (AvgIpc) is 3.21. The van der Waals surface area contributed by atoms with Crippen molar-refractivity contribution >= 4 is 22.6 Å². The molecule has 2 nitrogen and oxygen atoms in total. The highest BCUT2D eigenvalue weighted by Gasteiger charge is 2.55. The molecule has 1 heterocycles. The summed E-state index contributed by atoms with van der Waals surface area (Å²) >= 11 is 2.50. The van der Waals surface area contributed by atoms with Crippen molar-refractivity contribution in [3.05, 3.63) is 29.8 Å². The quantitative estimate of drug-likeness (QED) is 0.527. The molecule has 0 amide bonds. The molecule has 3 heteroatoms. The molecule has 2 aliphatic carbocycles. The molecule has 3 aliphatic rings. The van der Waals surface area contributed by atoms with E-state index in [1.54, 1.807) is 0 Å². The van der Waals surface area contributed by atoms with Crippen LogP contribution in [0.2, 0.25) is 0 Å². The minimum atomic E-state index is -0.00211. The Hall–Kier alpha value is -0.290. The molecule has 2 saturated carbocycles. The maximum absolute atomic E-state index is 6.19. The fraction of sp³-hybridized carbons (Fsp3) is 0.667. The van der Waals surface area contributed by atoms with E-state index >= 15 is 0 Å². The number of rotatable bonds is 4. The van der Waals surface area contributed by atoms with Crippen molar-refractivity contribution < 1.29 is 9.47 Å². The van der Waals surface area contributed by atoms with E-state index < -0.39 is 0 Å². The van der Waals surface area contributed by atoms with E-state index in [2.05, 4.69) is 53.8 Å². The first-order valence-corrected chi connectivity index (χ1v) is 9.53. The third kappa shape index (κ3) is 2.50. The second kappa shape index (κ2) is 5.73. The molecule has 1 saturated heterocycles. The number of ether oxygens (including phenoxy) is 2. The highest BCUT2D eigenvalue weighted by Crippen LogP contribution is 2.56. The molecule has 1 aromatic rings. The van der Waals surface area contributed by atoms with Gasteiger partial charge in [0.1, 0.15) is 5.75 Å². The van der Waals surface area contributed by atoms with Crippen LogP contribution in [0.1, 0.15) is 42.1 Å². The van der Waals surface area contributed by atoms with Gasteiger partial charge in [0.2, 0.25) is 6.29 Å². The van der Waals surface area contributed by atoms with Gasteiger partial charge in [0.05, 0.1) is 6.61 Å². The summed E-state index contributed by atoms with van der Waals surface area (Å²) in [5, 5.41) is 0. The van der Waals surface area contributed by atoms with Crippen LogP contribution >= 0.6 is 22.6 Å². The van der Waals surface area contributed by atoms with Crippen molar-refractivity contribution in [2.45, 2.75) is 42.8 Å². The normalized spacial score (nSPS) is 38.5. The lowest BCUT2D eigenvalue weighted by Gasteiger charge is -2.27. The molecule has 1 aliphatic heterocycles. The van der Waals surface area contributed by atoms with Crippen LogP contribution in [-0.4, -0.2) is 12.9 Å². The zero-order valence-corrected chi connectivity index (χ0v) is 14.7. The minimum absolute atomic E-state index is 0.00211.